The van der Waals surface area contributed by atoms with Crippen molar-refractivity contribution in [1.82, 2.24) is 34.7 Å². The van der Waals surface area contributed by atoms with E-state index in [0.717, 1.165) is 167 Å². The van der Waals surface area contributed by atoms with Crippen LogP contribution in [-0.4, -0.2) is 260 Å². The SMILES string of the molecule is C1=CCN(Cc2ccccc2)C1.CC(CO)C1CN(Cc2ccccc2)CC1O.CC(COP)C1CN(Cc2ccccc2)CC1O.CC1COC2CN(Cc3ccccc3)CC12.CC1COC2CNCC12.NC(COP)C1CN(Cc2ccccc2)CC1O.O=[N+]([O-])CCOC1CCCCO1.POCC1=NOC2CN(Cc3ccccc3)CC12.[3HH].[3HH].[3HH]. The van der Waals surface area contributed by atoms with Gasteiger partial charge in [-0.25, -0.2) is 0 Å². The number of nitrogens with two attached hydrogens (primary N) is 1. The lowest BCUT2D eigenvalue weighted by Gasteiger charge is -2.21. The maximum atomic E-state index is 10.1. The van der Waals surface area contributed by atoms with Crippen LogP contribution in [0.4, 0.5) is 0 Å². The number of ether oxygens (including phenoxy) is 4. The lowest BCUT2D eigenvalue weighted by molar-refractivity contribution is -0.485. The number of hydrogen-bond acceptors (Lipinski definition) is 23. The molecule has 7 N–H and O–H groups in total. The smallest absolute Gasteiger partial charge is 0.227 e. The largest absolute Gasteiger partial charge is 0.396 e. The lowest BCUT2D eigenvalue weighted by atomic mass is 9.92. The third-order valence-corrected chi connectivity index (χ3v) is 25.3. The number of aliphatic hydroxyl groups excluding tert-OH is 4. The fraction of sp³-hybridized carbons (Fsp3) is 0.581. The van der Waals surface area contributed by atoms with Crippen molar-refractivity contribution in [2.75, 3.05) is 151 Å². The maximum absolute atomic E-state index is 10.1. The molecule has 9 fully saturated rings. The Morgan fingerprint density at radius 1 is 0.517 bits per heavy atom. The third-order valence-electron chi connectivity index (χ3n) is 24.8. The molecular formula is C93H145N10O14P3. The summed E-state index contributed by atoms with van der Waals surface area (Å²) in [6.45, 7) is 32.6. The first-order valence-electron chi connectivity index (χ1n) is 43.5. The number of nitro groups is 1. The highest BCUT2D eigenvalue weighted by Gasteiger charge is 2.44. The molecule has 0 amide bonds. The summed E-state index contributed by atoms with van der Waals surface area (Å²) in [6, 6.07) is 62.8. The number of oxime groups is 1. The van der Waals surface area contributed by atoms with Gasteiger partial charge in [0, 0.05) is 231 Å². The van der Waals surface area contributed by atoms with Crippen molar-refractivity contribution >= 4 is 34.1 Å². The number of hydrogen-bond donors (Lipinski definition) is 6. The monoisotopic (exact) mass is 1730 g/mol. The summed E-state index contributed by atoms with van der Waals surface area (Å²) in [5.74, 6) is 4.66. The van der Waals surface area contributed by atoms with Gasteiger partial charge in [0.15, 0.2) is 6.29 Å². The number of nitrogens with zero attached hydrogens (tertiary/aromatic N) is 8. The van der Waals surface area contributed by atoms with Crippen LogP contribution >= 0.6 is 28.4 Å². The molecule has 666 valence electrons. The molecule has 0 radical (unpaired) electrons. The molecule has 17 rings (SSSR count). The van der Waals surface area contributed by atoms with Gasteiger partial charge in [0.25, 0.3) is 0 Å². The second-order valence-electron chi connectivity index (χ2n) is 34.3. The van der Waals surface area contributed by atoms with Gasteiger partial charge in [0.2, 0.25) is 6.54 Å². The van der Waals surface area contributed by atoms with Crippen molar-refractivity contribution in [2.45, 2.75) is 135 Å². The zero-order valence-corrected chi connectivity index (χ0v) is 74.7. The van der Waals surface area contributed by atoms with Gasteiger partial charge in [-0.1, -0.05) is 227 Å². The van der Waals surface area contributed by atoms with Crippen molar-refractivity contribution in [3.05, 3.63) is 238 Å². The van der Waals surface area contributed by atoms with E-state index in [1.807, 2.05) is 55.5 Å². The molecule has 9 saturated heterocycles. The van der Waals surface area contributed by atoms with E-state index in [0.29, 0.717) is 69.5 Å². The first-order valence-corrected chi connectivity index (χ1v) is 44.9. The van der Waals surface area contributed by atoms with Gasteiger partial charge in [-0.05, 0) is 76.3 Å². The molecule has 27 heteroatoms. The fourth-order valence-corrected chi connectivity index (χ4v) is 18.5. The van der Waals surface area contributed by atoms with Crippen molar-refractivity contribution in [3.8, 4) is 0 Å². The van der Waals surface area contributed by atoms with Crippen LogP contribution in [0.1, 0.15) is 84.6 Å². The van der Waals surface area contributed by atoms with Crippen LogP contribution in [0.15, 0.2) is 199 Å². The number of fused-ring (bicyclic) bond motifs is 3. The number of nitrogens with one attached hydrogen (secondary N) is 1. The first-order chi connectivity index (χ1) is 58.4. The topological polar surface area (TPSA) is 268 Å². The molecule has 0 aliphatic carbocycles. The Hall–Kier alpha value is -5.54. The molecule has 6 aromatic carbocycles. The van der Waals surface area contributed by atoms with Crippen LogP contribution in [0.2, 0.25) is 0 Å². The summed E-state index contributed by atoms with van der Waals surface area (Å²) in [7, 11) is 6.76. The van der Waals surface area contributed by atoms with E-state index >= 15 is 0 Å². The standard InChI is InChI=1S/C14H22NO2P.C14H21NO2.C14H19NO.C13H17N2O2P.C13H21N2O2P.C11H13N.C7H13NO4.C7H13NO.3H2/c1-11(10-17-18)13-8-15(9-14(13)16)7-12-5-3-2-4-6-12;1-11(10-16)13-8-15(9-14(13)17)7-12-5-3-2-4-6-12;1-11-10-16-14-9-15(8-13(11)14)7-12-5-3-2-4-6-12;18-16-9-12-11-7-15(8-13(11)17-14-12)6-10-4-2-1-3-5-10;14-12(9-17-18)11-7-15(8-13(11)16)6-10-4-2-1-3-5-10;1-2-6-11(7-3-1)10-12-8-4-5-9-12;9-8(10)4-6-12-7-3-1-2-5-11-7;1-5-4-9-7-3-8-2-6(5)7;;;/h2-6,11,13-14,16H,7-10,18H2,1H3;2-6,11,13-14,16-17H,7-10H2,1H3;2-6,11,13-14H,7-10H2,1H3;1-5,11,13H,6-9,18H2;1-5,11-13,16H,6-9,14,18H2;1-7H,8-10H2;7H,1-6H2;5-8H,2-4H2,1H3;3*1H/i;;;;;;;;3*1+2. The molecule has 11 heterocycles. The number of rotatable bonds is 26. The highest BCUT2D eigenvalue weighted by Crippen LogP contribution is 2.35. The van der Waals surface area contributed by atoms with Crippen molar-refractivity contribution in [1.29, 1.82) is 0 Å². The third kappa shape index (κ3) is 32.5. The second kappa shape index (κ2) is 53.1. The summed E-state index contributed by atoms with van der Waals surface area (Å²) in [5.41, 5.74) is 15.1. The quantitative estimate of drug-likeness (QED) is 0.0127. The van der Waals surface area contributed by atoms with Gasteiger partial charge in [-0.3, -0.25) is 39.5 Å². The van der Waals surface area contributed by atoms with E-state index in [1.165, 1.54) is 46.5 Å². The predicted octanol–water partition coefficient (Wildman–Crippen LogP) is 11.3. The molecule has 11 aliphatic heterocycles. The predicted molar refractivity (Wildman–Crippen MR) is 490 cm³/mol. The lowest BCUT2D eigenvalue weighted by Crippen LogP contribution is -2.40. The van der Waals surface area contributed by atoms with Gasteiger partial charge in [0.1, 0.15) is 12.7 Å². The van der Waals surface area contributed by atoms with Crippen LogP contribution in [0.25, 0.3) is 0 Å². The molecule has 24 nitrogen and oxygen atoms in total. The van der Waals surface area contributed by atoms with E-state index in [4.69, 9.17) is 48.2 Å². The number of benzene rings is 6. The van der Waals surface area contributed by atoms with E-state index < -0.39 is 0 Å². The van der Waals surface area contributed by atoms with Crippen LogP contribution in [0.3, 0.4) is 0 Å². The maximum Gasteiger partial charge on any atom is 0.227 e. The van der Waals surface area contributed by atoms with Gasteiger partial charge < -0.3 is 68.8 Å². The van der Waals surface area contributed by atoms with Crippen LogP contribution in [-0.2, 0) is 76.6 Å². The summed E-state index contributed by atoms with van der Waals surface area (Å²) in [4.78, 5) is 29.2. The molecule has 21 atom stereocenters. The van der Waals surface area contributed by atoms with Crippen LogP contribution in [0.5, 0.6) is 0 Å². The zero-order valence-electron chi connectivity index (χ0n) is 71.3. The molecule has 6 aromatic rings. The van der Waals surface area contributed by atoms with Gasteiger partial charge in [-0.2, -0.15) is 0 Å². The highest BCUT2D eigenvalue weighted by molar-refractivity contribution is 7.10. The fourth-order valence-electron chi connectivity index (χ4n) is 17.8. The van der Waals surface area contributed by atoms with E-state index in [1.54, 1.807) is 0 Å². The van der Waals surface area contributed by atoms with Crippen LogP contribution < -0.4 is 11.1 Å². The molecule has 0 saturated carbocycles. The first kappa shape index (κ1) is 96.7. The van der Waals surface area contributed by atoms with Crippen molar-refractivity contribution in [2.24, 2.45) is 70.1 Å². The molecular weight excluding hydrogens is 1570 g/mol. The Labute approximate surface area is 726 Å². The number of aliphatic hydroxyl groups is 4. The van der Waals surface area contributed by atoms with Gasteiger partial charge in [0.05, 0.1) is 62.0 Å². The van der Waals surface area contributed by atoms with Gasteiger partial charge >= 0.3 is 0 Å². The molecule has 120 heavy (non-hydrogen) atoms. The Kier molecular flexibility index (Phi) is 42.7. The van der Waals surface area contributed by atoms with Crippen molar-refractivity contribution < 1.29 is 67.0 Å². The Bertz CT molecular complexity index is 3760. The van der Waals surface area contributed by atoms with E-state index in [2.05, 4.69) is 235 Å². The highest BCUT2D eigenvalue weighted by atomic mass is 31.0. The molecule has 11 aliphatic rings. The minimum absolute atomic E-state index is 0. The second-order valence-corrected chi connectivity index (χ2v) is 35.3. The van der Waals surface area contributed by atoms with Crippen LogP contribution in [0, 0.1) is 69.3 Å². The minimum Gasteiger partial charge on any atom is -0.396 e. The van der Waals surface area contributed by atoms with Gasteiger partial charge in [-0.15, -0.1) is 0 Å². The molecule has 0 bridgehead atoms. The average Bonchev–Trinajstić information content (AvgIpc) is 1.66. The average molecular weight is 1730 g/mol. The summed E-state index contributed by atoms with van der Waals surface area (Å²) in [5, 5.41) is 56.7. The summed E-state index contributed by atoms with van der Waals surface area (Å²) in [6.07, 6.45) is 7.61. The molecule has 0 aromatic heterocycles. The Morgan fingerprint density at radius 3 is 1.38 bits per heavy atom. The Morgan fingerprint density at radius 2 is 0.942 bits per heavy atom. The van der Waals surface area contributed by atoms with E-state index in [9.17, 15) is 25.4 Å². The summed E-state index contributed by atoms with van der Waals surface area (Å²) >= 11 is 0. The van der Waals surface area contributed by atoms with E-state index in [-0.39, 0.29) is 83.5 Å². The minimum atomic E-state index is -0.386. The number of β-amino-alcohol motifs (C(OH)–C–C–N with tert-alkyl or cyclic N) is 3. The normalized spacial score (nSPS) is 28.2. The zero-order chi connectivity index (χ0) is 84.8. The Balaban J connectivity index is 0.000000194. The van der Waals surface area contributed by atoms with Crippen molar-refractivity contribution in [3.63, 3.8) is 0 Å². The number of likely N-dealkylation sites (tertiary alicyclic amines) is 5. The molecule has 0 spiro atoms. The molecule has 21 unspecified atom stereocenters. The summed E-state index contributed by atoms with van der Waals surface area (Å²) < 4.78 is 36.8.